The van der Waals surface area contributed by atoms with Gasteiger partial charge in [0, 0.05) is 13.1 Å². The van der Waals surface area contributed by atoms with E-state index in [1.165, 1.54) is 4.31 Å². The number of piperidine rings is 1. The average Bonchev–Trinajstić information content (AvgIpc) is 2.52. The standard InChI is InChI=1S/C10H20N2O4S2/c13-17(14)8-1-6-12(7-9-17)18(15,16)10-2-4-11-5-3-10/h10-11H,1-9H2. The summed E-state index contributed by atoms with van der Waals surface area (Å²) >= 11 is 0. The summed E-state index contributed by atoms with van der Waals surface area (Å²) in [5.41, 5.74) is 0. The van der Waals surface area contributed by atoms with Crippen LogP contribution in [0.2, 0.25) is 0 Å². The van der Waals surface area contributed by atoms with Gasteiger partial charge in [0.25, 0.3) is 0 Å². The van der Waals surface area contributed by atoms with Crippen LogP contribution in [0, 0.1) is 0 Å². The molecule has 0 atom stereocenters. The number of nitrogens with zero attached hydrogens (tertiary/aromatic N) is 1. The van der Waals surface area contributed by atoms with Gasteiger partial charge < -0.3 is 5.32 Å². The van der Waals surface area contributed by atoms with Crippen molar-refractivity contribution < 1.29 is 16.8 Å². The van der Waals surface area contributed by atoms with Crippen molar-refractivity contribution in [2.24, 2.45) is 0 Å². The quantitative estimate of drug-likeness (QED) is 0.720. The van der Waals surface area contributed by atoms with Gasteiger partial charge in [0.15, 0.2) is 9.84 Å². The van der Waals surface area contributed by atoms with E-state index in [0.29, 0.717) is 25.8 Å². The van der Waals surface area contributed by atoms with Crippen LogP contribution in [0.15, 0.2) is 0 Å². The highest BCUT2D eigenvalue weighted by atomic mass is 32.2. The second-order valence-corrected chi connectivity index (χ2v) is 9.42. The fourth-order valence-electron chi connectivity index (χ4n) is 2.47. The number of hydrogen-bond donors (Lipinski definition) is 1. The van der Waals surface area contributed by atoms with Crippen LogP contribution < -0.4 is 5.32 Å². The normalized spacial score (nSPS) is 27.8. The molecule has 2 rings (SSSR count). The van der Waals surface area contributed by atoms with Crippen LogP contribution >= 0.6 is 0 Å². The summed E-state index contributed by atoms with van der Waals surface area (Å²) in [6.45, 7) is 1.89. The third-order valence-electron chi connectivity index (χ3n) is 3.58. The van der Waals surface area contributed by atoms with Gasteiger partial charge in [-0.1, -0.05) is 0 Å². The van der Waals surface area contributed by atoms with Crippen molar-refractivity contribution in [3.63, 3.8) is 0 Å². The fraction of sp³-hybridized carbons (Fsp3) is 1.00. The first-order valence-electron chi connectivity index (χ1n) is 6.32. The van der Waals surface area contributed by atoms with Crippen LogP contribution in [0.1, 0.15) is 19.3 Å². The average molecular weight is 296 g/mol. The summed E-state index contributed by atoms with van der Waals surface area (Å²) in [6, 6.07) is 0. The number of sulfonamides is 1. The predicted molar refractivity (Wildman–Crippen MR) is 69.7 cm³/mol. The van der Waals surface area contributed by atoms with Crippen LogP contribution in [-0.4, -0.2) is 64.1 Å². The Balaban J connectivity index is 2.09. The van der Waals surface area contributed by atoms with Gasteiger partial charge in [-0.3, -0.25) is 0 Å². The molecule has 0 radical (unpaired) electrons. The lowest BCUT2D eigenvalue weighted by Crippen LogP contribution is -2.44. The van der Waals surface area contributed by atoms with Gasteiger partial charge in [-0.15, -0.1) is 0 Å². The Morgan fingerprint density at radius 3 is 2.39 bits per heavy atom. The molecule has 0 unspecified atom stereocenters. The molecule has 2 heterocycles. The maximum absolute atomic E-state index is 12.4. The zero-order chi connectivity index (χ0) is 13.2. The zero-order valence-electron chi connectivity index (χ0n) is 10.3. The van der Waals surface area contributed by atoms with E-state index >= 15 is 0 Å². The Bertz CT molecular complexity index is 480. The summed E-state index contributed by atoms with van der Waals surface area (Å²) in [6.07, 6.45) is 1.64. The molecule has 0 saturated carbocycles. The first-order chi connectivity index (χ1) is 8.42. The number of rotatable bonds is 2. The van der Waals surface area contributed by atoms with Gasteiger partial charge in [-0.2, -0.15) is 0 Å². The molecule has 0 aliphatic carbocycles. The SMILES string of the molecule is O=S1(=O)CCCN(S(=O)(=O)C2CCNCC2)CC1. The number of sulfone groups is 1. The highest BCUT2D eigenvalue weighted by Crippen LogP contribution is 2.19. The molecular formula is C10H20N2O4S2. The summed E-state index contributed by atoms with van der Waals surface area (Å²) in [7, 11) is -6.39. The Kier molecular flexibility index (Phi) is 4.30. The molecule has 2 fully saturated rings. The fourth-order valence-corrected chi connectivity index (χ4v) is 5.84. The van der Waals surface area contributed by atoms with Crippen molar-refractivity contribution in [2.45, 2.75) is 24.5 Å². The van der Waals surface area contributed by atoms with Crippen LogP contribution in [-0.2, 0) is 19.9 Å². The summed E-state index contributed by atoms with van der Waals surface area (Å²) < 4.78 is 49.2. The minimum absolute atomic E-state index is 0.0444. The molecule has 0 aromatic heterocycles. The minimum atomic E-state index is -3.33. The third kappa shape index (κ3) is 3.23. The summed E-state index contributed by atoms with van der Waals surface area (Å²) in [5, 5.41) is 2.79. The second-order valence-electron chi connectivity index (χ2n) is 4.90. The molecule has 2 aliphatic heterocycles. The van der Waals surface area contributed by atoms with Gasteiger partial charge in [-0.05, 0) is 32.4 Å². The zero-order valence-corrected chi connectivity index (χ0v) is 12.0. The van der Waals surface area contributed by atoms with E-state index in [4.69, 9.17) is 0 Å². The molecule has 1 N–H and O–H groups in total. The third-order valence-corrected chi connectivity index (χ3v) is 7.70. The smallest absolute Gasteiger partial charge is 0.217 e. The van der Waals surface area contributed by atoms with E-state index in [-0.39, 0.29) is 23.3 Å². The van der Waals surface area contributed by atoms with Crippen molar-refractivity contribution in [1.82, 2.24) is 9.62 Å². The molecule has 106 valence electrons. The highest BCUT2D eigenvalue weighted by Gasteiger charge is 2.34. The Labute approximate surface area is 109 Å². The van der Waals surface area contributed by atoms with E-state index < -0.39 is 19.9 Å². The Hall–Kier alpha value is -0.180. The molecule has 18 heavy (non-hydrogen) atoms. The maximum Gasteiger partial charge on any atom is 0.217 e. The lowest BCUT2D eigenvalue weighted by molar-refractivity contribution is 0.407. The molecular weight excluding hydrogens is 276 g/mol. The van der Waals surface area contributed by atoms with Gasteiger partial charge >= 0.3 is 0 Å². The lowest BCUT2D eigenvalue weighted by atomic mass is 10.2. The van der Waals surface area contributed by atoms with Crippen LogP contribution in [0.3, 0.4) is 0 Å². The molecule has 2 saturated heterocycles. The molecule has 0 spiro atoms. The summed E-state index contributed by atoms with van der Waals surface area (Å²) in [4.78, 5) is 0. The molecule has 0 aromatic carbocycles. The minimum Gasteiger partial charge on any atom is -0.317 e. The van der Waals surface area contributed by atoms with Gasteiger partial charge in [0.05, 0.1) is 16.8 Å². The number of nitrogens with one attached hydrogen (secondary N) is 1. The monoisotopic (exact) mass is 296 g/mol. The van der Waals surface area contributed by atoms with Gasteiger partial charge in [0.1, 0.15) is 0 Å². The van der Waals surface area contributed by atoms with E-state index in [0.717, 1.165) is 13.1 Å². The molecule has 0 aromatic rings. The lowest BCUT2D eigenvalue weighted by Gasteiger charge is -2.28. The van der Waals surface area contributed by atoms with E-state index in [1.807, 2.05) is 0 Å². The highest BCUT2D eigenvalue weighted by molar-refractivity contribution is 7.91. The number of hydrogen-bond acceptors (Lipinski definition) is 5. The van der Waals surface area contributed by atoms with Crippen molar-refractivity contribution in [1.29, 1.82) is 0 Å². The maximum atomic E-state index is 12.4. The first-order valence-corrected chi connectivity index (χ1v) is 9.64. The molecule has 0 bridgehead atoms. The molecule has 0 amide bonds. The Morgan fingerprint density at radius 2 is 1.72 bits per heavy atom. The topological polar surface area (TPSA) is 83.6 Å². The van der Waals surface area contributed by atoms with Crippen molar-refractivity contribution in [3.05, 3.63) is 0 Å². The van der Waals surface area contributed by atoms with Crippen LogP contribution in [0.25, 0.3) is 0 Å². The van der Waals surface area contributed by atoms with Crippen molar-refractivity contribution >= 4 is 19.9 Å². The van der Waals surface area contributed by atoms with Crippen molar-refractivity contribution in [3.8, 4) is 0 Å². The van der Waals surface area contributed by atoms with Crippen molar-refractivity contribution in [2.75, 3.05) is 37.7 Å². The van der Waals surface area contributed by atoms with E-state index in [1.54, 1.807) is 0 Å². The first kappa shape index (κ1) is 14.2. The van der Waals surface area contributed by atoms with E-state index in [2.05, 4.69) is 5.32 Å². The largest absolute Gasteiger partial charge is 0.317 e. The molecule has 8 heteroatoms. The van der Waals surface area contributed by atoms with Gasteiger partial charge in [-0.25, -0.2) is 21.1 Å². The van der Waals surface area contributed by atoms with Gasteiger partial charge in [0.2, 0.25) is 10.0 Å². The summed E-state index contributed by atoms with van der Waals surface area (Å²) in [5.74, 6) is 0.0580. The molecule has 2 aliphatic rings. The second kappa shape index (κ2) is 5.44. The van der Waals surface area contributed by atoms with Crippen LogP contribution in [0.4, 0.5) is 0 Å². The predicted octanol–water partition coefficient (Wildman–Crippen LogP) is -0.811. The van der Waals surface area contributed by atoms with Crippen LogP contribution in [0.5, 0.6) is 0 Å². The molecule has 6 nitrogen and oxygen atoms in total. The Morgan fingerprint density at radius 1 is 1.06 bits per heavy atom. The van der Waals surface area contributed by atoms with E-state index in [9.17, 15) is 16.8 Å².